The fourth-order valence-electron chi connectivity index (χ4n) is 3.53. The lowest BCUT2D eigenvalue weighted by Gasteiger charge is -2.13. The first-order valence-electron chi connectivity index (χ1n) is 10.2. The van der Waals surface area contributed by atoms with Gasteiger partial charge in [-0.2, -0.15) is 0 Å². The molecule has 1 saturated carbocycles. The lowest BCUT2D eigenvalue weighted by molar-refractivity contribution is -0.120. The quantitative estimate of drug-likeness (QED) is 0.406. The van der Waals surface area contributed by atoms with Gasteiger partial charge in [0.25, 0.3) is 0 Å². The van der Waals surface area contributed by atoms with E-state index in [2.05, 4.69) is 0 Å². The van der Waals surface area contributed by atoms with Crippen molar-refractivity contribution >= 4 is 11.6 Å². The number of ether oxygens (including phenoxy) is 4. The third kappa shape index (κ3) is 5.83. The Balaban J connectivity index is 1.47. The predicted octanol–water partition coefficient (Wildman–Crippen LogP) is 4.24. The standard InChI is InChI=1S/C24H28O6/c1-27-20-9-6-17(7-10-20)16-29-12-13-30-23-11-8-19(15-24(23)28-2)22(26)14-18-4-3-5-21(18)25/h6-11,15,18H,3-5,12-14,16H2,1-2H3/t18-/m0/s1. The van der Waals surface area contributed by atoms with Crippen molar-refractivity contribution < 1.29 is 28.5 Å². The second-order valence-electron chi connectivity index (χ2n) is 7.30. The molecule has 0 bridgehead atoms. The number of rotatable bonds is 11. The summed E-state index contributed by atoms with van der Waals surface area (Å²) in [5.41, 5.74) is 1.59. The van der Waals surface area contributed by atoms with Gasteiger partial charge in [-0.25, -0.2) is 0 Å². The predicted molar refractivity (Wildman–Crippen MR) is 112 cm³/mol. The smallest absolute Gasteiger partial charge is 0.163 e. The van der Waals surface area contributed by atoms with E-state index in [1.165, 1.54) is 7.11 Å². The van der Waals surface area contributed by atoms with Crippen molar-refractivity contribution in [3.05, 3.63) is 53.6 Å². The lowest BCUT2D eigenvalue weighted by atomic mass is 9.96. The molecular weight excluding hydrogens is 384 g/mol. The first-order chi connectivity index (χ1) is 14.6. The Morgan fingerprint density at radius 1 is 1.00 bits per heavy atom. The van der Waals surface area contributed by atoms with Crippen molar-refractivity contribution in [3.8, 4) is 17.2 Å². The van der Waals surface area contributed by atoms with E-state index in [4.69, 9.17) is 18.9 Å². The maximum Gasteiger partial charge on any atom is 0.163 e. The fourth-order valence-corrected chi connectivity index (χ4v) is 3.53. The van der Waals surface area contributed by atoms with Gasteiger partial charge in [-0.1, -0.05) is 12.1 Å². The summed E-state index contributed by atoms with van der Waals surface area (Å²) >= 11 is 0. The Kier molecular flexibility index (Phi) is 7.85. The first kappa shape index (κ1) is 21.8. The molecule has 0 aromatic heterocycles. The van der Waals surface area contributed by atoms with Crippen LogP contribution in [0.25, 0.3) is 0 Å². The Morgan fingerprint density at radius 3 is 2.47 bits per heavy atom. The summed E-state index contributed by atoms with van der Waals surface area (Å²) in [6, 6.07) is 12.8. The molecule has 1 aliphatic carbocycles. The van der Waals surface area contributed by atoms with Gasteiger partial charge in [0, 0.05) is 24.3 Å². The van der Waals surface area contributed by atoms with Gasteiger partial charge < -0.3 is 18.9 Å². The van der Waals surface area contributed by atoms with Crippen LogP contribution in [0.5, 0.6) is 17.2 Å². The van der Waals surface area contributed by atoms with Gasteiger partial charge in [0.05, 0.1) is 27.4 Å². The highest BCUT2D eigenvalue weighted by atomic mass is 16.5. The second kappa shape index (κ2) is 10.8. The summed E-state index contributed by atoms with van der Waals surface area (Å²) in [6.07, 6.45) is 2.54. The molecule has 0 radical (unpaired) electrons. The number of hydrogen-bond acceptors (Lipinski definition) is 6. The zero-order valence-electron chi connectivity index (χ0n) is 17.5. The molecule has 0 heterocycles. The summed E-state index contributed by atoms with van der Waals surface area (Å²) in [5, 5.41) is 0. The van der Waals surface area contributed by atoms with Crippen LogP contribution in [0.1, 0.15) is 41.6 Å². The minimum absolute atomic E-state index is 0.0390. The van der Waals surface area contributed by atoms with Gasteiger partial charge in [-0.15, -0.1) is 0 Å². The number of carbonyl (C=O) groups is 2. The van der Waals surface area contributed by atoms with E-state index in [-0.39, 0.29) is 23.9 Å². The number of Topliss-reactive ketones (excluding diaryl/α,β-unsaturated/α-hetero) is 2. The van der Waals surface area contributed by atoms with Gasteiger partial charge >= 0.3 is 0 Å². The molecule has 1 fully saturated rings. The minimum Gasteiger partial charge on any atom is -0.497 e. The molecule has 6 heteroatoms. The van der Waals surface area contributed by atoms with Gasteiger partial charge in [-0.05, 0) is 48.7 Å². The number of hydrogen-bond donors (Lipinski definition) is 0. The molecule has 30 heavy (non-hydrogen) atoms. The lowest BCUT2D eigenvalue weighted by Crippen LogP contribution is -2.13. The van der Waals surface area contributed by atoms with Gasteiger partial charge in [0.1, 0.15) is 18.1 Å². The summed E-state index contributed by atoms with van der Waals surface area (Å²) in [5.74, 6) is 1.88. The fraction of sp³-hybridized carbons (Fsp3) is 0.417. The van der Waals surface area contributed by atoms with Crippen LogP contribution >= 0.6 is 0 Å². The van der Waals surface area contributed by atoms with Crippen LogP contribution in [0, 0.1) is 5.92 Å². The average Bonchev–Trinajstić information content (AvgIpc) is 3.18. The van der Waals surface area contributed by atoms with E-state index in [9.17, 15) is 9.59 Å². The van der Waals surface area contributed by atoms with E-state index >= 15 is 0 Å². The Morgan fingerprint density at radius 2 is 1.80 bits per heavy atom. The van der Waals surface area contributed by atoms with Gasteiger partial charge in [0.2, 0.25) is 0 Å². The normalized spacial score (nSPS) is 15.8. The number of carbonyl (C=O) groups excluding carboxylic acids is 2. The van der Waals surface area contributed by atoms with Crippen LogP contribution in [0.15, 0.2) is 42.5 Å². The molecule has 2 aromatic carbocycles. The van der Waals surface area contributed by atoms with Crippen LogP contribution < -0.4 is 14.2 Å². The largest absolute Gasteiger partial charge is 0.497 e. The molecule has 0 amide bonds. The molecule has 0 saturated heterocycles. The topological polar surface area (TPSA) is 71.1 Å². The van der Waals surface area contributed by atoms with Gasteiger partial charge in [0.15, 0.2) is 17.3 Å². The summed E-state index contributed by atoms with van der Waals surface area (Å²) in [4.78, 5) is 24.3. The highest BCUT2D eigenvalue weighted by Crippen LogP contribution is 2.30. The van der Waals surface area contributed by atoms with E-state index < -0.39 is 0 Å². The van der Waals surface area contributed by atoms with E-state index in [1.54, 1.807) is 25.3 Å². The molecule has 160 valence electrons. The number of benzene rings is 2. The molecule has 1 aliphatic rings. The molecule has 6 nitrogen and oxygen atoms in total. The van der Waals surface area contributed by atoms with Crippen LogP contribution in [0.3, 0.4) is 0 Å². The van der Waals surface area contributed by atoms with E-state index in [0.29, 0.717) is 43.3 Å². The molecule has 3 rings (SSSR count). The van der Waals surface area contributed by atoms with Crippen LogP contribution in [-0.4, -0.2) is 39.0 Å². The molecule has 1 atom stereocenters. The molecular formula is C24H28O6. The van der Waals surface area contributed by atoms with Crippen LogP contribution in [0.2, 0.25) is 0 Å². The maximum atomic E-state index is 12.5. The molecule has 0 spiro atoms. The summed E-state index contributed by atoms with van der Waals surface area (Å²) in [6.45, 7) is 1.26. The maximum absolute atomic E-state index is 12.5. The van der Waals surface area contributed by atoms with Gasteiger partial charge in [-0.3, -0.25) is 9.59 Å². The third-order valence-corrected chi connectivity index (χ3v) is 5.26. The third-order valence-electron chi connectivity index (χ3n) is 5.26. The highest BCUT2D eigenvalue weighted by molar-refractivity contribution is 5.99. The van der Waals surface area contributed by atoms with Crippen molar-refractivity contribution in [2.24, 2.45) is 5.92 Å². The SMILES string of the molecule is COc1ccc(COCCOc2ccc(C(=O)C[C@@H]3CCCC3=O)cc2OC)cc1. The van der Waals surface area contributed by atoms with Crippen molar-refractivity contribution in [1.82, 2.24) is 0 Å². The average molecular weight is 412 g/mol. The van der Waals surface area contributed by atoms with E-state index in [0.717, 1.165) is 24.2 Å². The van der Waals surface area contributed by atoms with E-state index in [1.807, 2.05) is 24.3 Å². The summed E-state index contributed by atoms with van der Waals surface area (Å²) < 4.78 is 21.9. The van der Waals surface area contributed by atoms with Crippen LogP contribution in [0.4, 0.5) is 0 Å². The Hall–Kier alpha value is -2.86. The van der Waals surface area contributed by atoms with Crippen molar-refractivity contribution in [2.45, 2.75) is 32.3 Å². The molecule has 0 unspecified atom stereocenters. The van der Waals surface area contributed by atoms with Crippen molar-refractivity contribution in [3.63, 3.8) is 0 Å². The highest BCUT2D eigenvalue weighted by Gasteiger charge is 2.27. The number of ketones is 2. The summed E-state index contributed by atoms with van der Waals surface area (Å²) in [7, 11) is 3.17. The Bertz CT molecular complexity index is 858. The van der Waals surface area contributed by atoms with Crippen LogP contribution in [-0.2, 0) is 16.1 Å². The zero-order chi connectivity index (χ0) is 21.3. The minimum atomic E-state index is -0.137. The molecule has 2 aromatic rings. The monoisotopic (exact) mass is 412 g/mol. The molecule has 0 N–H and O–H groups in total. The second-order valence-corrected chi connectivity index (χ2v) is 7.30. The molecule has 0 aliphatic heterocycles. The Labute approximate surface area is 177 Å². The number of methoxy groups -OCH3 is 2. The van der Waals surface area contributed by atoms with Crippen molar-refractivity contribution in [1.29, 1.82) is 0 Å². The van der Waals surface area contributed by atoms with Crippen molar-refractivity contribution in [2.75, 3.05) is 27.4 Å². The zero-order valence-corrected chi connectivity index (χ0v) is 17.5. The first-order valence-corrected chi connectivity index (χ1v) is 10.2.